The van der Waals surface area contributed by atoms with Crippen molar-refractivity contribution in [1.82, 2.24) is 0 Å². The van der Waals surface area contributed by atoms with E-state index in [9.17, 15) is 0 Å². The largest absolute Gasteiger partial charge is 0.0928 e. The predicted molar refractivity (Wildman–Crippen MR) is 62.4 cm³/mol. The molecular weight excluding hydrogens is 224 g/mol. The molecule has 0 aliphatic carbocycles. The molecule has 0 saturated heterocycles. The maximum atomic E-state index is 3.45. The van der Waals surface area contributed by atoms with Crippen LogP contribution in [0.15, 0.2) is 30.3 Å². The van der Waals surface area contributed by atoms with Crippen molar-refractivity contribution in [2.45, 2.75) is 32.1 Å². The Labute approximate surface area is 89.5 Å². The molecular formula is C12H17Br. The molecule has 0 fully saturated rings. The van der Waals surface area contributed by atoms with Gasteiger partial charge in [0.25, 0.3) is 0 Å². The zero-order valence-electron chi connectivity index (χ0n) is 8.01. The minimum absolute atomic E-state index is 1.15. The fourth-order valence-corrected chi connectivity index (χ4v) is 1.82. The van der Waals surface area contributed by atoms with Crippen LogP contribution in [-0.4, -0.2) is 5.33 Å². The lowest BCUT2D eigenvalue weighted by Crippen LogP contribution is -1.85. The average molecular weight is 241 g/mol. The second-order valence-corrected chi connectivity index (χ2v) is 4.13. The molecule has 0 N–H and O–H groups in total. The molecule has 0 spiro atoms. The molecule has 0 heterocycles. The third-order valence-electron chi connectivity index (χ3n) is 2.19. The summed E-state index contributed by atoms with van der Waals surface area (Å²) >= 11 is 3.45. The molecule has 0 radical (unpaired) electrons. The Morgan fingerprint density at radius 3 is 2.23 bits per heavy atom. The maximum absolute atomic E-state index is 3.45. The zero-order valence-corrected chi connectivity index (χ0v) is 9.59. The Morgan fingerprint density at radius 1 is 0.846 bits per heavy atom. The fraction of sp³-hybridized carbons (Fsp3) is 0.500. The lowest BCUT2D eigenvalue weighted by Gasteiger charge is -2.00. The van der Waals surface area contributed by atoms with Gasteiger partial charge in [0.15, 0.2) is 0 Å². The molecule has 1 rings (SSSR count). The predicted octanol–water partition coefficient (Wildman–Crippen LogP) is 4.18. The highest BCUT2D eigenvalue weighted by Gasteiger charge is 1.91. The van der Waals surface area contributed by atoms with E-state index in [4.69, 9.17) is 0 Å². The third-order valence-corrected chi connectivity index (χ3v) is 2.75. The van der Waals surface area contributed by atoms with Gasteiger partial charge in [-0.25, -0.2) is 0 Å². The first kappa shape index (κ1) is 10.8. The van der Waals surface area contributed by atoms with E-state index in [1.54, 1.807) is 0 Å². The summed E-state index contributed by atoms with van der Waals surface area (Å²) in [6.45, 7) is 0. The van der Waals surface area contributed by atoms with Gasteiger partial charge in [-0.15, -0.1) is 0 Å². The summed E-state index contributed by atoms with van der Waals surface area (Å²) in [5, 5.41) is 1.15. The van der Waals surface area contributed by atoms with Crippen LogP contribution in [0, 0.1) is 0 Å². The summed E-state index contributed by atoms with van der Waals surface area (Å²) in [5.41, 5.74) is 1.47. The van der Waals surface area contributed by atoms with E-state index < -0.39 is 0 Å². The number of rotatable bonds is 6. The van der Waals surface area contributed by atoms with Crippen LogP contribution in [-0.2, 0) is 6.42 Å². The van der Waals surface area contributed by atoms with E-state index >= 15 is 0 Å². The van der Waals surface area contributed by atoms with E-state index in [0.29, 0.717) is 0 Å². The van der Waals surface area contributed by atoms with Gasteiger partial charge in [-0.3, -0.25) is 0 Å². The SMILES string of the molecule is BrCCCCCCc1ccccc1. The van der Waals surface area contributed by atoms with Crippen molar-refractivity contribution in [3.8, 4) is 0 Å². The molecule has 72 valence electrons. The summed E-state index contributed by atoms with van der Waals surface area (Å²) in [6.07, 6.45) is 6.60. The molecule has 0 aromatic heterocycles. The molecule has 0 nitrogen and oxygen atoms in total. The van der Waals surface area contributed by atoms with E-state index in [-0.39, 0.29) is 0 Å². The molecule has 0 aliphatic heterocycles. The van der Waals surface area contributed by atoms with Gasteiger partial charge >= 0.3 is 0 Å². The normalized spacial score (nSPS) is 10.2. The smallest absolute Gasteiger partial charge is 0.00313 e. The van der Waals surface area contributed by atoms with Gasteiger partial charge in [-0.2, -0.15) is 0 Å². The lowest BCUT2D eigenvalue weighted by molar-refractivity contribution is 0.671. The summed E-state index contributed by atoms with van der Waals surface area (Å²) in [6, 6.07) is 10.7. The summed E-state index contributed by atoms with van der Waals surface area (Å²) in [7, 11) is 0. The Kier molecular flexibility index (Phi) is 5.92. The molecule has 1 aromatic carbocycles. The average Bonchev–Trinajstić information content (AvgIpc) is 2.19. The minimum atomic E-state index is 1.15. The summed E-state index contributed by atoms with van der Waals surface area (Å²) in [4.78, 5) is 0. The Morgan fingerprint density at radius 2 is 1.54 bits per heavy atom. The highest BCUT2D eigenvalue weighted by Crippen LogP contribution is 2.07. The Bertz CT molecular complexity index is 206. The molecule has 0 bridgehead atoms. The topological polar surface area (TPSA) is 0 Å². The first-order valence-corrected chi connectivity index (χ1v) is 6.15. The number of unbranched alkanes of at least 4 members (excludes halogenated alkanes) is 3. The van der Waals surface area contributed by atoms with Crippen molar-refractivity contribution in [3.05, 3.63) is 35.9 Å². The maximum Gasteiger partial charge on any atom is 0.00313 e. The molecule has 1 aromatic rings. The van der Waals surface area contributed by atoms with Gasteiger partial charge in [-0.1, -0.05) is 59.1 Å². The van der Waals surface area contributed by atoms with Crippen molar-refractivity contribution >= 4 is 15.9 Å². The first-order valence-electron chi connectivity index (χ1n) is 5.03. The van der Waals surface area contributed by atoms with E-state index in [1.807, 2.05) is 0 Å². The van der Waals surface area contributed by atoms with Crippen LogP contribution in [0.4, 0.5) is 0 Å². The van der Waals surface area contributed by atoms with Gasteiger partial charge in [0.2, 0.25) is 0 Å². The fourth-order valence-electron chi connectivity index (χ4n) is 1.42. The molecule has 1 heteroatoms. The molecule has 0 amide bonds. The highest BCUT2D eigenvalue weighted by atomic mass is 79.9. The molecule has 0 aliphatic rings. The number of aryl methyl sites for hydroxylation is 1. The number of hydrogen-bond acceptors (Lipinski definition) is 0. The molecule has 0 saturated carbocycles. The van der Waals surface area contributed by atoms with Gasteiger partial charge in [0, 0.05) is 5.33 Å². The van der Waals surface area contributed by atoms with Crippen LogP contribution >= 0.6 is 15.9 Å². The quantitative estimate of drug-likeness (QED) is 0.517. The van der Waals surface area contributed by atoms with Crippen molar-refractivity contribution in [2.75, 3.05) is 5.33 Å². The molecule has 13 heavy (non-hydrogen) atoms. The van der Waals surface area contributed by atoms with Crippen LogP contribution in [0.2, 0.25) is 0 Å². The standard InChI is InChI=1S/C12H17Br/c13-11-7-2-1-4-8-12-9-5-3-6-10-12/h3,5-6,9-10H,1-2,4,7-8,11H2. The van der Waals surface area contributed by atoms with Gasteiger partial charge in [0.1, 0.15) is 0 Å². The minimum Gasteiger partial charge on any atom is -0.0928 e. The van der Waals surface area contributed by atoms with Crippen LogP contribution < -0.4 is 0 Å². The third kappa shape index (κ3) is 5.09. The van der Waals surface area contributed by atoms with Crippen molar-refractivity contribution in [3.63, 3.8) is 0 Å². The Balaban J connectivity index is 2.07. The van der Waals surface area contributed by atoms with Crippen LogP contribution in [0.25, 0.3) is 0 Å². The first-order chi connectivity index (χ1) is 6.43. The number of alkyl halides is 1. The lowest BCUT2D eigenvalue weighted by atomic mass is 10.1. The van der Waals surface area contributed by atoms with Gasteiger partial charge < -0.3 is 0 Å². The van der Waals surface area contributed by atoms with Gasteiger partial charge in [-0.05, 0) is 24.8 Å². The van der Waals surface area contributed by atoms with E-state index in [1.165, 1.54) is 37.7 Å². The second kappa shape index (κ2) is 7.14. The van der Waals surface area contributed by atoms with Crippen LogP contribution in [0.1, 0.15) is 31.2 Å². The number of hydrogen-bond donors (Lipinski definition) is 0. The van der Waals surface area contributed by atoms with Gasteiger partial charge in [0.05, 0.1) is 0 Å². The Hall–Kier alpha value is -0.300. The zero-order chi connectivity index (χ0) is 9.36. The van der Waals surface area contributed by atoms with Crippen molar-refractivity contribution in [2.24, 2.45) is 0 Å². The monoisotopic (exact) mass is 240 g/mol. The summed E-state index contributed by atoms with van der Waals surface area (Å²) < 4.78 is 0. The van der Waals surface area contributed by atoms with Crippen molar-refractivity contribution in [1.29, 1.82) is 0 Å². The number of halogens is 1. The molecule has 0 unspecified atom stereocenters. The van der Waals surface area contributed by atoms with Crippen LogP contribution in [0.5, 0.6) is 0 Å². The van der Waals surface area contributed by atoms with Crippen LogP contribution in [0.3, 0.4) is 0 Å². The second-order valence-electron chi connectivity index (χ2n) is 3.34. The van der Waals surface area contributed by atoms with Crippen molar-refractivity contribution < 1.29 is 0 Å². The van der Waals surface area contributed by atoms with E-state index in [0.717, 1.165) is 5.33 Å². The molecule has 0 atom stereocenters. The summed E-state index contributed by atoms with van der Waals surface area (Å²) in [5.74, 6) is 0. The number of benzene rings is 1. The van der Waals surface area contributed by atoms with E-state index in [2.05, 4.69) is 46.3 Å². The highest BCUT2D eigenvalue weighted by molar-refractivity contribution is 9.09.